The van der Waals surface area contributed by atoms with E-state index in [0.29, 0.717) is 29.2 Å². The van der Waals surface area contributed by atoms with Crippen LogP contribution in [0.4, 0.5) is 0 Å². The van der Waals surface area contributed by atoms with Gasteiger partial charge in [0, 0.05) is 12.5 Å². The summed E-state index contributed by atoms with van der Waals surface area (Å²) in [5.41, 5.74) is 1.07. The molecule has 0 unspecified atom stereocenters. The van der Waals surface area contributed by atoms with Gasteiger partial charge in [-0.2, -0.15) is 0 Å². The molecule has 1 heterocycles. The highest BCUT2D eigenvalue weighted by Crippen LogP contribution is 2.20. The average molecular weight is 361 g/mol. The van der Waals surface area contributed by atoms with Crippen LogP contribution >= 0.6 is 11.8 Å². The average Bonchev–Trinajstić information content (AvgIpc) is 3.25. The molecule has 0 bridgehead atoms. The minimum absolute atomic E-state index is 0.0246. The largest absolute Gasteiger partial charge is 0.497 e. The van der Waals surface area contributed by atoms with Crippen molar-refractivity contribution in [3.8, 4) is 5.75 Å². The zero-order valence-electron chi connectivity index (χ0n) is 14.3. The fraction of sp³-hybridized carbons (Fsp3) is 0.471. The van der Waals surface area contributed by atoms with E-state index in [4.69, 9.17) is 10.6 Å². The van der Waals surface area contributed by atoms with Gasteiger partial charge in [0.05, 0.1) is 12.9 Å². The molecule has 25 heavy (non-hydrogen) atoms. The molecule has 7 nitrogen and oxygen atoms in total. The first-order chi connectivity index (χ1) is 12.2. The number of amides is 1. The van der Waals surface area contributed by atoms with Gasteiger partial charge in [-0.15, -0.1) is 10.2 Å². The van der Waals surface area contributed by atoms with Gasteiger partial charge in [0.25, 0.3) is 0 Å². The highest BCUT2D eigenvalue weighted by molar-refractivity contribution is 7.99. The molecule has 3 N–H and O–H groups in total. The highest BCUT2D eigenvalue weighted by atomic mass is 32.2. The maximum absolute atomic E-state index is 12.0. The Morgan fingerprint density at radius 1 is 1.32 bits per heavy atom. The van der Waals surface area contributed by atoms with Crippen molar-refractivity contribution in [2.24, 2.45) is 0 Å². The number of carbonyl (C=O) groups is 1. The Hall–Kier alpha value is -2.22. The van der Waals surface area contributed by atoms with E-state index in [-0.39, 0.29) is 5.91 Å². The predicted octanol–water partition coefficient (Wildman–Crippen LogP) is 1.74. The molecule has 0 aliphatic heterocycles. The number of hydrogen-bond acceptors (Lipinski definition) is 6. The minimum Gasteiger partial charge on any atom is -0.497 e. The number of carbonyl (C=O) groups excluding carboxylic acids is 1. The molecule has 1 aromatic carbocycles. The van der Waals surface area contributed by atoms with Gasteiger partial charge in [-0.05, 0) is 30.5 Å². The number of nitrogens with two attached hydrogens (primary N) is 1. The summed E-state index contributed by atoms with van der Waals surface area (Å²) >= 11 is 1.31. The summed E-state index contributed by atoms with van der Waals surface area (Å²) in [4.78, 5) is 12.0. The van der Waals surface area contributed by atoms with Gasteiger partial charge in [-0.3, -0.25) is 4.79 Å². The third kappa shape index (κ3) is 4.66. The Balaban J connectivity index is 1.53. The summed E-state index contributed by atoms with van der Waals surface area (Å²) in [6.45, 7) is 0. The zero-order valence-corrected chi connectivity index (χ0v) is 15.1. The van der Waals surface area contributed by atoms with Crippen LogP contribution in [0.1, 0.15) is 37.1 Å². The summed E-state index contributed by atoms with van der Waals surface area (Å²) in [6.07, 6.45) is 5.13. The number of hydrogen-bond donors (Lipinski definition) is 2. The number of ether oxygens (including phenoxy) is 1. The molecular formula is C17H23N5O2S. The first kappa shape index (κ1) is 17.6. The van der Waals surface area contributed by atoms with Crippen molar-refractivity contribution in [1.29, 1.82) is 0 Å². The Kier molecular flexibility index (Phi) is 5.80. The maximum Gasteiger partial charge on any atom is 0.230 e. The van der Waals surface area contributed by atoms with Crippen molar-refractivity contribution in [1.82, 2.24) is 20.2 Å². The van der Waals surface area contributed by atoms with Gasteiger partial charge in [0.15, 0.2) is 5.82 Å². The summed E-state index contributed by atoms with van der Waals surface area (Å²) in [7, 11) is 1.64. The Bertz CT molecular complexity index is 710. The van der Waals surface area contributed by atoms with Gasteiger partial charge < -0.3 is 15.9 Å². The zero-order chi connectivity index (χ0) is 17.6. The van der Waals surface area contributed by atoms with Crippen LogP contribution in [0.5, 0.6) is 5.75 Å². The molecule has 0 spiro atoms. The monoisotopic (exact) mass is 361 g/mol. The molecule has 3 rings (SSSR count). The first-order valence-electron chi connectivity index (χ1n) is 8.40. The van der Waals surface area contributed by atoms with E-state index in [0.717, 1.165) is 24.2 Å². The number of nitrogen functional groups attached to an aromatic ring is 1. The van der Waals surface area contributed by atoms with E-state index in [1.807, 2.05) is 24.3 Å². The lowest BCUT2D eigenvalue weighted by atomic mass is 10.1. The number of benzene rings is 1. The predicted molar refractivity (Wildman–Crippen MR) is 97.1 cm³/mol. The molecule has 0 atom stereocenters. The Labute approximate surface area is 151 Å². The van der Waals surface area contributed by atoms with Crippen molar-refractivity contribution in [2.75, 3.05) is 18.7 Å². The molecule has 1 aromatic heterocycles. The molecule has 1 saturated carbocycles. The molecule has 0 saturated heterocycles. The lowest BCUT2D eigenvalue weighted by Gasteiger charge is -2.11. The Morgan fingerprint density at radius 3 is 2.72 bits per heavy atom. The number of methoxy groups -OCH3 is 1. The third-order valence-corrected chi connectivity index (χ3v) is 5.25. The lowest BCUT2D eigenvalue weighted by molar-refractivity contribution is -0.119. The highest BCUT2D eigenvalue weighted by Gasteiger charge is 2.18. The van der Waals surface area contributed by atoms with Crippen LogP contribution in [0, 0.1) is 0 Å². The molecule has 1 aliphatic rings. The van der Waals surface area contributed by atoms with Crippen LogP contribution in [0.3, 0.4) is 0 Å². The summed E-state index contributed by atoms with van der Waals surface area (Å²) < 4.78 is 6.61. The SMILES string of the molecule is COc1ccc(Cc2nnc(SCC(=O)NC3CCCC3)n2N)cc1. The summed E-state index contributed by atoms with van der Waals surface area (Å²) in [5.74, 6) is 7.86. The van der Waals surface area contributed by atoms with Gasteiger partial charge in [-0.1, -0.05) is 36.7 Å². The van der Waals surface area contributed by atoms with Gasteiger partial charge in [0.1, 0.15) is 5.75 Å². The molecule has 1 amide bonds. The van der Waals surface area contributed by atoms with E-state index in [1.54, 1.807) is 7.11 Å². The quantitative estimate of drug-likeness (QED) is 0.576. The number of nitrogens with zero attached hydrogens (tertiary/aromatic N) is 3. The van der Waals surface area contributed by atoms with Crippen LogP contribution in [0.2, 0.25) is 0 Å². The minimum atomic E-state index is 0.0246. The van der Waals surface area contributed by atoms with Crippen molar-refractivity contribution >= 4 is 17.7 Å². The first-order valence-corrected chi connectivity index (χ1v) is 9.38. The van der Waals surface area contributed by atoms with Crippen molar-refractivity contribution in [2.45, 2.75) is 43.3 Å². The van der Waals surface area contributed by atoms with Gasteiger partial charge >= 0.3 is 0 Å². The molecule has 0 radical (unpaired) electrons. The smallest absolute Gasteiger partial charge is 0.230 e. The Morgan fingerprint density at radius 2 is 2.04 bits per heavy atom. The summed E-state index contributed by atoms with van der Waals surface area (Å²) in [5, 5.41) is 11.8. The second-order valence-corrected chi connectivity index (χ2v) is 7.07. The summed E-state index contributed by atoms with van der Waals surface area (Å²) in [6, 6.07) is 8.06. The van der Waals surface area contributed by atoms with Gasteiger partial charge in [-0.25, -0.2) is 4.68 Å². The lowest BCUT2D eigenvalue weighted by Crippen LogP contribution is -2.34. The van der Waals surface area contributed by atoms with Crippen LogP contribution in [0.15, 0.2) is 29.4 Å². The van der Waals surface area contributed by atoms with E-state index in [9.17, 15) is 4.79 Å². The molecule has 8 heteroatoms. The molecule has 1 aliphatic carbocycles. The number of rotatable bonds is 7. The second kappa shape index (κ2) is 8.24. The second-order valence-electron chi connectivity index (χ2n) is 6.13. The van der Waals surface area contributed by atoms with Crippen LogP contribution in [-0.4, -0.2) is 39.7 Å². The fourth-order valence-electron chi connectivity index (χ4n) is 2.92. The van der Waals surface area contributed by atoms with E-state index < -0.39 is 0 Å². The van der Waals surface area contributed by atoms with Crippen molar-refractivity contribution in [3.05, 3.63) is 35.7 Å². The van der Waals surface area contributed by atoms with Crippen LogP contribution in [-0.2, 0) is 11.2 Å². The number of thioether (sulfide) groups is 1. The van der Waals surface area contributed by atoms with Crippen molar-refractivity contribution in [3.63, 3.8) is 0 Å². The van der Waals surface area contributed by atoms with Crippen LogP contribution in [0.25, 0.3) is 0 Å². The van der Waals surface area contributed by atoms with Gasteiger partial charge in [0.2, 0.25) is 11.1 Å². The number of aromatic nitrogens is 3. The number of nitrogens with one attached hydrogen (secondary N) is 1. The fourth-order valence-corrected chi connectivity index (χ4v) is 3.61. The molecule has 1 fully saturated rings. The van der Waals surface area contributed by atoms with Crippen molar-refractivity contribution < 1.29 is 9.53 Å². The molecule has 2 aromatic rings. The maximum atomic E-state index is 12.0. The van der Waals surface area contributed by atoms with E-state index in [2.05, 4.69) is 15.5 Å². The molecular weight excluding hydrogens is 338 g/mol. The standard InChI is InChI=1S/C17H23N5O2S/c1-24-14-8-6-12(7-9-14)10-15-20-21-17(22(15)18)25-11-16(23)19-13-4-2-3-5-13/h6-9,13H,2-5,10-11,18H2,1H3,(H,19,23). The molecule has 134 valence electrons. The van der Waals surface area contributed by atoms with E-state index in [1.165, 1.54) is 29.3 Å². The third-order valence-electron chi connectivity index (χ3n) is 4.31. The topological polar surface area (TPSA) is 95.1 Å². The van der Waals surface area contributed by atoms with Crippen LogP contribution < -0.4 is 15.9 Å². The normalized spacial score (nSPS) is 14.6. The van der Waals surface area contributed by atoms with E-state index >= 15 is 0 Å².